The van der Waals surface area contributed by atoms with Crippen LogP contribution < -0.4 is 5.32 Å². The fourth-order valence-electron chi connectivity index (χ4n) is 3.41. The van der Waals surface area contributed by atoms with Crippen LogP contribution in [-0.2, 0) is 20.9 Å². The minimum Gasteiger partial charge on any atom is -0.465 e. The highest BCUT2D eigenvalue weighted by atomic mass is 32.2. The lowest BCUT2D eigenvalue weighted by Crippen LogP contribution is -2.20. The molecule has 0 spiro atoms. The van der Waals surface area contributed by atoms with E-state index in [4.69, 9.17) is 4.74 Å². The third-order valence-electron chi connectivity index (χ3n) is 4.59. The fraction of sp³-hybridized carbons (Fsp3) is 0.300. The maximum Gasteiger partial charge on any atom is 0.327 e. The first-order valence-electron chi connectivity index (χ1n) is 9.06. The van der Waals surface area contributed by atoms with Crippen LogP contribution in [-0.4, -0.2) is 39.0 Å². The number of esters is 1. The summed E-state index contributed by atoms with van der Waals surface area (Å²) in [5, 5.41) is 8.39. The van der Waals surface area contributed by atoms with E-state index < -0.39 is 0 Å². The van der Waals surface area contributed by atoms with Crippen LogP contribution in [0.4, 0.5) is 5.82 Å². The van der Waals surface area contributed by atoms with E-state index >= 15 is 0 Å². The number of carbonyl (C=O) groups excluding carboxylic acids is 2. The summed E-state index contributed by atoms with van der Waals surface area (Å²) in [4.78, 5) is 28.6. The summed E-state index contributed by atoms with van der Waals surface area (Å²) in [6, 6.07) is 10.1. The number of fused-ring (bicyclic) bond motifs is 2. The summed E-state index contributed by atoms with van der Waals surface area (Å²) in [5.41, 5.74) is 3.70. The van der Waals surface area contributed by atoms with Crippen molar-refractivity contribution in [3.05, 3.63) is 53.3 Å². The number of amides is 1. The highest BCUT2D eigenvalue weighted by Crippen LogP contribution is 2.43. The lowest BCUT2D eigenvalue weighted by Gasteiger charge is -2.16. The van der Waals surface area contributed by atoms with Crippen molar-refractivity contribution in [2.75, 3.05) is 17.7 Å². The number of hydrogen-bond acceptors (Lipinski definition) is 6. The van der Waals surface area contributed by atoms with Gasteiger partial charge in [0.1, 0.15) is 12.4 Å². The Hall–Kier alpha value is -2.87. The van der Waals surface area contributed by atoms with Gasteiger partial charge in [-0.3, -0.25) is 14.6 Å². The maximum absolute atomic E-state index is 12.3. The first-order chi connectivity index (χ1) is 13.6. The number of aromatic nitrogens is 3. The minimum absolute atomic E-state index is 0.0384. The molecule has 0 radical (unpaired) electrons. The van der Waals surface area contributed by atoms with Crippen molar-refractivity contribution in [2.24, 2.45) is 0 Å². The van der Waals surface area contributed by atoms with Crippen molar-refractivity contribution in [3.8, 4) is 0 Å². The van der Waals surface area contributed by atoms with Crippen LogP contribution >= 0.6 is 11.8 Å². The molecule has 0 saturated heterocycles. The van der Waals surface area contributed by atoms with Crippen molar-refractivity contribution in [1.82, 2.24) is 14.8 Å². The number of benzene rings is 1. The van der Waals surface area contributed by atoms with Crippen LogP contribution in [0.5, 0.6) is 0 Å². The average Bonchev–Trinajstić information content (AvgIpc) is 2.86. The number of ether oxygens (including phenoxy) is 1. The summed E-state index contributed by atoms with van der Waals surface area (Å²) in [7, 11) is 0. The molecule has 1 aliphatic heterocycles. The molecule has 4 rings (SSSR count). The molecule has 1 N–H and O–H groups in total. The van der Waals surface area contributed by atoms with Gasteiger partial charge in [-0.05, 0) is 37.6 Å². The number of pyridine rings is 1. The van der Waals surface area contributed by atoms with Crippen molar-refractivity contribution in [1.29, 1.82) is 0 Å². The second-order valence-electron chi connectivity index (χ2n) is 6.51. The van der Waals surface area contributed by atoms with Crippen molar-refractivity contribution in [3.63, 3.8) is 0 Å². The Bertz CT molecular complexity index is 1060. The van der Waals surface area contributed by atoms with Gasteiger partial charge in [0.2, 0.25) is 5.91 Å². The minimum atomic E-state index is -0.382. The van der Waals surface area contributed by atoms with Gasteiger partial charge in [-0.2, -0.15) is 5.10 Å². The van der Waals surface area contributed by atoms with Gasteiger partial charge in [0.05, 0.1) is 28.8 Å². The van der Waals surface area contributed by atoms with Gasteiger partial charge >= 0.3 is 5.97 Å². The second kappa shape index (κ2) is 7.63. The van der Waals surface area contributed by atoms with Crippen LogP contribution in [0.1, 0.15) is 29.0 Å². The van der Waals surface area contributed by atoms with Crippen LogP contribution in [0.2, 0.25) is 0 Å². The quantitative estimate of drug-likeness (QED) is 0.682. The molecule has 3 aromatic rings. The molecule has 2 aromatic heterocycles. The van der Waals surface area contributed by atoms with Crippen LogP contribution in [0.3, 0.4) is 0 Å². The summed E-state index contributed by atoms with van der Waals surface area (Å²) in [6.07, 6.45) is 1.77. The number of rotatable bonds is 4. The van der Waals surface area contributed by atoms with Gasteiger partial charge in [0.25, 0.3) is 0 Å². The molecule has 0 fully saturated rings. The molecule has 0 bridgehead atoms. The smallest absolute Gasteiger partial charge is 0.327 e. The number of aryl methyl sites for hydroxylation is 1. The van der Waals surface area contributed by atoms with Crippen LogP contribution in [0.15, 0.2) is 36.5 Å². The molecule has 1 atom stereocenters. The van der Waals surface area contributed by atoms with E-state index in [2.05, 4.69) is 21.5 Å². The molecule has 0 saturated carbocycles. The zero-order valence-electron chi connectivity index (χ0n) is 15.6. The molecule has 0 unspecified atom stereocenters. The lowest BCUT2D eigenvalue weighted by atomic mass is 10.0. The summed E-state index contributed by atoms with van der Waals surface area (Å²) in [6.45, 7) is 3.92. The Balaban J connectivity index is 1.79. The largest absolute Gasteiger partial charge is 0.465 e. The molecule has 0 aliphatic carbocycles. The Labute approximate surface area is 166 Å². The molecule has 1 aliphatic rings. The predicted octanol–water partition coefficient (Wildman–Crippen LogP) is 3.08. The van der Waals surface area contributed by atoms with E-state index in [1.165, 1.54) is 4.68 Å². The first kappa shape index (κ1) is 18.5. The Morgan fingerprint density at radius 1 is 1.39 bits per heavy atom. The van der Waals surface area contributed by atoms with E-state index in [1.807, 2.05) is 31.2 Å². The Morgan fingerprint density at radius 3 is 3.07 bits per heavy atom. The maximum atomic E-state index is 12.3. The van der Waals surface area contributed by atoms with Crippen LogP contribution in [0.25, 0.3) is 10.9 Å². The number of carbonyl (C=O) groups is 2. The van der Waals surface area contributed by atoms with Gasteiger partial charge in [0.15, 0.2) is 0 Å². The Morgan fingerprint density at radius 2 is 2.25 bits per heavy atom. The van der Waals surface area contributed by atoms with Gasteiger partial charge in [0, 0.05) is 17.1 Å². The topological polar surface area (TPSA) is 86.1 Å². The van der Waals surface area contributed by atoms with Gasteiger partial charge in [-0.25, -0.2) is 4.68 Å². The molecule has 28 heavy (non-hydrogen) atoms. The normalized spacial score (nSPS) is 16.4. The molecule has 1 amide bonds. The SMILES string of the molecule is CCOC(=O)Cn1nc(C)c2c1NC(=O)CS[C@H]2c1ccc2ncccc2c1. The zero-order valence-corrected chi connectivity index (χ0v) is 16.5. The van der Waals surface area contributed by atoms with Gasteiger partial charge < -0.3 is 10.1 Å². The summed E-state index contributed by atoms with van der Waals surface area (Å²) >= 11 is 1.55. The van der Waals surface area contributed by atoms with Gasteiger partial charge in [-0.15, -0.1) is 11.8 Å². The predicted molar refractivity (Wildman–Crippen MR) is 108 cm³/mol. The molecular weight excluding hydrogens is 376 g/mol. The van der Waals surface area contributed by atoms with Crippen molar-refractivity contribution >= 4 is 40.4 Å². The molecule has 144 valence electrons. The van der Waals surface area contributed by atoms with Crippen molar-refractivity contribution in [2.45, 2.75) is 25.6 Å². The van der Waals surface area contributed by atoms with Crippen molar-refractivity contribution < 1.29 is 14.3 Å². The first-order valence-corrected chi connectivity index (χ1v) is 10.1. The third-order valence-corrected chi connectivity index (χ3v) is 5.86. The molecule has 8 heteroatoms. The number of thioether (sulfide) groups is 1. The van der Waals surface area contributed by atoms with E-state index in [0.29, 0.717) is 18.2 Å². The standard InChI is InChI=1S/C20H20N4O3S/c1-3-27-17(26)10-24-20-18(12(2)23-24)19(28-11-16(25)22-20)14-6-7-15-13(9-14)5-4-8-21-15/h4-9,19H,3,10-11H2,1-2H3,(H,22,25)/t19-/m0/s1. The van der Waals surface area contributed by atoms with E-state index in [0.717, 1.165) is 27.7 Å². The van der Waals surface area contributed by atoms with E-state index in [-0.39, 0.29) is 23.7 Å². The van der Waals surface area contributed by atoms with Gasteiger partial charge in [-0.1, -0.05) is 12.1 Å². The molecular formula is C20H20N4O3S. The third kappa shape index (κ3) is 3.47. The number of anilines is 1. The second-order valence-corrected chi connectivity index (χ2v) is 7.60. The van der Waals surface area contributed by atoms with E-state index in [9.17, 15) is 9.59 Å². The number of nitrogens with zero attached hydrogens (tertiary/aromatic N) is 3. The molecule has 3 heterocycles. The molecule has 1 aromatic carbocycles. The number of hydrogen-bond donors (Lipinski definition) is 1. The van der Waals surface area contributed by atoms with E-state index in [1.54, 1.807) is 24.9 Å². The Kier molecular flexibility index (Phi) is 5.04. The highest BCUT2D eigenvalue weighted by molar-refractivity contribution is 8.00. The molecule has 7 nitrogen and oxygen atoms in total. The summed E-state index contributed by atoms with van der Waals surface area (Å²) in [5.74, 6) is 0.397. The highest BCUT2D eigenvalue weighted by Gasteiger charge is 2.30. The lowest BCUT2D eigenvalue weighted by molar-refractivity contribution is -0.144. The monoisotopic (exact) mass is 396 g/mol. The summed E-state index contributed by atoms with van der Waals surface area (Å²) < 4.78 is 6.57. The fourth-order valence-corrected chi connectivity index (χ4v) is 4.59. The zero-order chi connectivity index (χ0) is 19.7. The average molecular weight is 396 g/mol. The number of nitrogens with one attached hydrogen (secondary N) is 1. The van der Waals surface area contributed by atoms with Crippen LogP contribution in [0, 0.1) is 6.92 Å².